The molecule has 6 heteroatoms. The molecule has 25 heavy (non-hydrogen) atoms. The Kier molecular flexibility index (Phi) is 4.78. The highest BCUT2D eigenvalue weighted by Gasteiger charge is 2.13. The molecule has 0 saturated carbocycles. The summed E-state index contributed by atoms with van der Waals surface area (Å²) in [6.07, 6.45) is 0. The van der Waals surface area contributed by atoms with Crippen LogP contribution in [0.15, 0.2) is 53.1 Å². The van der Waals surface area contributed by atoms with E-state index in [1.807, 2.05) is 36.4 Å². The molecule has 5 nitrogen and oxygen atoms in total. The van der Waals surface area contributed by atoms with Crippen LogP contribution in [0, 0.1) is 0 Å². The van der Waals surface area contributed by atoms with E-state index in [-0.39, 0.29) is 0 Å². The minimum atomic E-state index is 0.517. The number of halogens is 1. The molecule has 0 N–H and O–H groups in total. The normalized spacial score (nSPS) is 15.4. The van der Waals surface area contributed by atoms with Crippen LogP contribution in [0.3, 0.4) is 0 Å². The average Bonchev–Trinajstić information content (AvgIpc) is 3.14. The standard InChI is InChI=1S/C19H18ClN3O2/c20-17-7-5-15(6-8-17)18-21-19(25-22-18)16-3-1-14(2-4-16)13-23-9-11-24-12-10-23/h1-8H,9-13H2. The third kappa shape index (κ3) is 3.90. The van der Waals surface area contributed by atoms with Crippen molar-refractivity contribution >= 4 is 11.6 Å². The van der Waals surface area contributed by atoms with Crippen molar-refractivity contribution in [2.75, 3.05) is 26.3 Å². The Bertz CT molecular complexity index is 825. The van der Waals surface area contributed by atoms with Crippen molar-refractivity contribution in [3.05, 3.63) is 59.1 Å². The Hall–Kier alpha value is -2.21. The van der Waals surface area contributed by atoms with Gasteiger partial charge in [0.25, 0.3) is 5.89 Å². The maximum Gasteiger partial charge on any atom is 0.258 e. The molecule has 128 valence electrons. The minimum absolute atomic E-state index is 0.517. The van der Waals surface area contributed by atoms with E-state index >= 15 is 0 Å². The second-order valence-electron chi connectivity index (χ2n) is 6.02. The summed E-state index contributed by atoms with van der Waals surface area (Å²) in [5, 5.41) is 4.74. The fourth-order valence-electron chi connectivity index (χ4n) is 2.83. The van der Waals surface area contributed by atoms with Gasteiger partial charge in [-0.2, -0.15) is 4.98 Å². The average molecular weight is 356 g/mol. The number of hydrogen-bond donors (Lipinski definition) is 0. The van der Waals surface area contributed by atoms with Gasteiger partial charge in [-0.15, -0.1) is 0 Å². The zero-order chi connectivity index (χ0) is 17.1. The molecule has 3 aromatic rings. The summed E-state index contributed by atoms with van der Waals surface area (Å²) in [5.41, 5.74) is 3.06. The van der Waals surface area contributed by atoms with E-state index in [9.17, 15) is 0 Å². The molecule has 0 unspecified atom stereocenters. The first-order valence-corrected chi connectivity index (χ1v) is 8.65. The van der Waals surface area contributed by atoms with Crippen LogP contribution in [-0.4, -0.2) is 41.3 Å². The molecule has 0 aliphatic carbocycles. The summed E-state index contributed by atoms with van der Waals surface area (Å²) >= 11 is 5.91. The van der Waals surface area contributed by atoms with Gasteiger partial charge in [0.15, 0.2) is 0 Å². The first-order chi connectivity index (χ1) is 12.3. The Morgan fingerprint density at radius 3 is 2.32 bits per heavy atom. The summed E-state index contributed by atoms with van der Waals surface area (Å²) in [7, 11) is 0. The van der Waals surface area contributed by atoms with E-state index in [1.165, 1.54) is 5.56 Å². The number of aromatic nitrogens is 2. The van der Waals surface area contributed by atoms with Crippen LogP contribution < -0.4 is 0 Å². The largest absolute Gasteiger partial charge is 0.379 e. The summed E-state index contributed by atoms with van der Waals surface area (Å²) in [6, 6.07) is 15.6. The Morgan fingerprint density at radius 1 is 0.920 bits per heavy atom. The lowest BCUT2D eigenvalue weighted by Crippen LogP contribution is -2.35. The van der Waals surface area contributed by atoms with Crippen molar-refractivity contribution in [2.45, 2.75) is 6.54 Å². The Balaban J connectivity index is 1.47. The predicted octanol–water partition coefficient (Wildman–Crippen LogP) is 3.89. The number of rotatable bonds is 4. The Morgan fingerprint density at radius 2 is 1.60 bits per heavy atom. The first-order valence-electron chi connectivity index (χ1n) is 8.27. The summed E-state index contributed by atoms with van der Waals surface area (Å²) in [6.45, 7) is 4.52. The van der Waals surface area contributed by atoms with Gasteiger partial charge in [-0.05, 0) is 42.0 Å². The van der Waals surface area contributed by atoms with Crippen LogP contribution in [0.1, 0.15) is 5.56 Å². The van der Waals surface area contributed by atoms with Gasteiger partial charge in [-0.25, -0.2) is 0 Å². The third-order valence-corrected chi connectivity index (χ3v) is 4.49. The Labute approximate surface area is 151 Å². The molecular weight excluding hydrogens is 338 g/mol. The molecule has 0 amide bonds. The summed E-state index contributed by atoms with van der Waals surface area (Å²) < 4.78 is 10.8. The lowest BCUT2D eigenvalue weighted by atomic mass is 10.1. The number of morpholine rings is 1. The zero-order valence-electron chi connectivity index (χ0n) is 13.7. The molecule has 0 spiro atoms. The van der Waals surface area contributed by atoms with E-state index < -0.39 is 0 Å². The second-order valence-corrected chi connectivity index (χ2v) is 6.45. The summed E-state index contributed by atoms with van der Waals surface area (Å²) in [5.74, 6) is 1.08. The highest BCUT2D eigenvalue weighted by molar-refractivity contribution is 6.30. The van der Waals surface area contributed by atoms with E-state index in [1.54, 1.807) is 0 Å². The van der Waals surface area contributed by atoms with Gasteiger partial charge in [0, 0.05) is 35.8 Å². The van der Waals surface area contributed by atoms with Crippen LogP contribution >= 0.6 is 11.6 Å². The SMILES string of the molecule is Clc1ccc(-c2noc(-c3ccc(CN4CCOCC4)cc3)n2)cc1. The maximum atomic E-state index is 5.91. The number of hydrogen-bond acceptors (Lipinski definition) is 5. The lowest BCUT2D eigenvalue weighted by molar-refractivity contribution is 0.0342. The van der Waals surface area contributed by atoms with Crippen molar-refractivity contribution in [2.24, 2.45) is 0 Å². The smallest absolute Gasteiger partial charge is 0.258 e. The molecule has 2 aromatic carbocycles. The van der Waals surface area contributed by atoms with Gasteiger partial charge >= 0.3 is 0 Å². The quantitative estimate of drug-likeness (QED) is 0.710. The molecule has 1 aliphatic rings. The number of nitrogens with zero attached hydrogens (tertiary/aromatic N) is 3. The fraction of sp³-hybridized carbons (Fsp3) is 0.263. The van der Waals surface area contributed by atoms with E-state index in [4.69, 9.17) is 20.9 Å². The van der Waals surface area contributed by atoms with E-state index in [0.717, 1.165) is 44.0 Å². The van der Waals surface area contributed by atoms with Crippen LogP contribution in [-0.2, 0) is 11.3 Å². The molecule has 0 bridgehead atoms. The van der Waals surface area contributed by atoms with Crippen molar-refractivity contribution < 1.29 is 9.26 Å². The van der Waals surface area contributed by atoms with Crippen molar-refractivity contribution in [1.29, 1.82) is 0 Å². The van der Waals surface area contributed by atoms with E-state index in [2.05, 4.69) is 27.2 Å². The fourth-order valence-corrected chi connectivity index (χ4v) is 2.95. The van der Waals surface area contributed by atoms with Crippen molar-refractivity contribution in [1.82, 2.24) is 15.0 Å². The lowest BCUT2D eigenvalue weighted by Gasteiger charge is -2.26. The topological polar surface area (TPSA) is 51.4 Å². The van der Waals surface area contributed by atoms with Gasteiger partial charge in [0.05, 0.1) is 13.2 Å². The van der Waals surface area contributed by atoms with Gasteiger partial charge < -0.3 is 9.26 Å². The van der Waals surface area contributed by atoms with Crippen LogP contribution in [0.2, 0.25) is 5.02 Å². The maximum absolute atomic E-state index is 5.91. The molecule has 0 radical (unpaired) electrons. The monoisotopic (exact) mass is 355 g/mol. The molecular formula is C19H18ClN3O2. The number of benzene rings is 2. The molecule has 4 rings (SSSR count). The summed E-state index contributed by atoms with van der Waals surface area (Å²) in [4.78, 5) is 6.87. The van der Waals surface area contributed by atoms with E-state index in [0.29, 0.717) is 16.7 Å². The molecule has 1 saturated heterocycles. The molecule has 2 heterocycles. The van der Waals surface area contributed by atoms with Gasteiger partial charge in [0.1, 0.15) is 0 Å². The van der Waals surface area contributed by atoms with Gasteiger partial charge in [-0.1, -0.05) is 28.9 Å². The van der Waals surface area contributed by atoms with Crippen molar-refractivity contribution in [3.8, 4) is 22.8 Å². The predicted molar refractivity (Wildman–Crippen MR) is 96.3 cm³/mol. The zero-order valence-corrected chi connectivity index (χ0v) is 14.4. The molecule has 1 aliphatic heterocycles. The number of ether oxygens (including phenoxy) is 1. The second kappa shape index (κ2) is 7.35. The van der Waals surface area contributed by atoms with Gasteiger partial charge in [0.2, 0.25) is 5.82 Å². The highest BCUT2D eigenvalue weighted by Crippen LogP contribution is 2.24. The molecule has 0 atom stereocenters. The van der Waals surface area contributed by atoms with Crippen LogP contribution in [0.5, 0.6) is 0 Å². The van der Waals surface area contributed by atoms with Crippen LogP contribution in [0.25, 0.3) is 22.8 Å². The molecule has 1 fully saturated rings. The first kappa shape index (κ1) is 16.3. The van der Waals surface area contributed by atoms with Gasteiger partial charge in [-0.3, -0.25) is 4.90 Å². The minimum Gasteiger partial charge on any atom is -0.379 e. The molecule has 1 aromatic heterocycles. The highest BCUT2D eigenvalue weighted by atomic mass is 35.5. The third-order valence-electron chi connectivity index (χ3n) is 4.24. The van der Waals surface area contributed by atoms with Crippen LogP contribution in [0.4, 0.5) is 0 Å². The van der Waals surface area contributed by atoms with Crippen molar-refractivity contribution in [3.63, 3.8) is 0 Å².